The number of hydrogen-bond acceptors (Lipinski definition) is 3. The van der Waals surface area contributed by atoms with Gasteiger partial charge in [-0.3, -0.25) is 4.79 Å². The van der Waals surface area contributed by atoms with E-state index in [0.29, 0.717) is 12.8 Å². The van der Waals surface area contributed by atoms with Crippen molar-refractivity contribution in [3.05, 3.63) is 40.8 Å². The predicted molar refractivity (Wildman–Crippen MR) is 59.5 cm³/mol. The predicted octanol–water partition coefficient (Wildman–Crippen LogP) is 0.372. The molecule has 2 N–H and O–H groups in total. The van der Waals surface area contributed by atoms with Gasteiger partial charge in [-0.25, -0.2) is 13.1 Å². The van der Waals surface area contributed by atoms with Crippen molar-refractivity contribution in [3.63, 3.8) is 0 Å². The van der Waals surface area contributed by atoms with Gasteiger partial charge in [0.15, 0.2) is 0 Å². The van der Waals surface area contributed by atoms with Gasteiger partial charge in [0.2, 0.25) is 15.6 Å². The SMILES string of the molecule is O=c1ccc(S(=O)(=O)NC2CC=CC2)c[nH]1. The lowest BCUT2D eigenvalue weighted by Crippen LogP contribution is -2.33. The topological polar surface area (TPSA) is 79.0 Å². The smallest absolute Gasteiger partial charge is 0.247 e. The third-order valence-corrected chi connectivity index (χ3v) is 3.91. The van der Waals surface area contributed by atoms with Gasteiger partial charge in [0.1, 0.15) is 0 Å². The lowest BCUT2D eigenvalue weighted by atomic mass is 10.3. The summed E-state index contributed by atoms with van der Waals surface area (Å²) in [5.41, 5.74) is -0.318. The Kier molecular flexibility index (Phi) is 2.93. The Labute approximate surface area is 93.3 Å². The van der Waals surface area contributed by atoms with Crippen molar-refractivity contribution < 1.29 is 8.42 Å². The first-order valence-electron chi connectivity index (χ1n) is 4.94. The third kappa shape index (κ3) is 2.40. The zero-order valence-electron chi connectivity index (χ0n) is 8.51. The maximum absolute atomic E-state index is 11.8. The number of nitrogens with one attached hydrogen (secondary N) is 2. The van der Waals surface area contributed by atoms with Crippen molar-refractivity contribution in [1.29, 1.82) is 0 Å². The standard InChI is InChI=1S/C10H12N2O3S/c13-10-6-5-9(7-11-10)16(14,15)12-8-3-1-2-4-8/h1-2,5-8,12H,3-4H2,(H,11,13). The fourth-order valence-corrected chi connectivity index (χ4v) is 2.79. The highest BCUT2D eigenvalue weighted by Gasteiger charge is 2.20. The molecule has 1 heterocycles. The molecule has 0 atom stereocenters. The fourth-order valence-electron chi connectivity index (χ4n) is 1.56. The molecule has 0 unspecified atom stereocenters. The van der Waals surface area contributed by atoms with Crippen LogP contribution in [0.25, 0.3) is 0 Å². The number of aromatic nitrogens is 1. The molecule has 0 saturated heterocycles. The van der Waals surface area contributed by atoms with Crippen molar-refractivity contribution in [1.82, 2.24) is 9.71 Å². The molecule has 2 rings (SSSR count). The number of hydrogen-bond donors (Lipinski definition) is 2. The van der Waals surface area contributed by atoms with Gasteiger partial charge in [-0.05, 0) is 18.9 Å². The number of sulfonamides is 1. The van der Waals surface area contributed by atoms with Crippen molar-refractivity contribution in [3.8, 4) is 0 Å². The van der Waals surface area contributed by atoms with Crippen LogP contribution in [0.2, 0.25) is 0 Å². The van der Waals surface area contributed by atoms with Crippen LogP contribution in [0, 0.1) is 0 Å². The van der Waals surface area contributed by atoms with Gasteiger partial charge < -0.3 is 4.98 Å². The molecule has 0 saturated carbocycles. The Bertz CT molecular complexity index is 531. The van der Waals surface area contributed by atoms with Crippen molar-refractivity contribution in [2.45, 2.75) is 23.8 Å². The van der Waals surface area contributed by atoms with E-state index in [1.807, 2.05) is 12.2 Å². The maximum atomic E-state index is 11.8. The summed E-state index contributed by atoms with van der Waals surface area (Å²) in [4.78, 5) is 13.2. The first-order chi connectivity index (χ1) is 7.58. The molecule has 0 spiro atoms. The Morgan fingerprint density at radius 2 is 1.94 bits per heavy atom. The molecule has 0 radical (unpaired) electrons. The average molecular weight is 240 g/mol. The summed E-state index contributed by atoms with van der Waals surface area (Å²) >= 11 is 0. The van der Waals surface area contributed by atoms with Gasteiger partial charge in [-0.15, -0.1) is 0 Å². The monoisotopic (exact) mass is 240 g/mol. The summed E-state index contributed by atoms with van der Waals surface area (Å²) in [6.45, 7) is 0. The Balaban J connectivity index is 2.18. The zero-order valence-corrected chi connectivity index (χ0v) is 9.33. The van der Waals surface area contributed by atoms with E-state index in [-0.39, 0.29) is 16.5 Å². The average Bonchev–Trinajstić information content (AvgIpc) is 2.70. The van der Waals surface area contributed by atoms with Gasteiger partial charge in [-0.1, -0.05) is 12.2 Å². The quantitative estimate of drug-likeness (QED) is 0.749. The molecule has 1 aromatic rings. The van der Waals surface area contributed by atoms with E-state index in [0.717, 1.165) is 0 Å². The van der Waals surface area contributed by atoms with E-state index in [4.69, 9.17) is 0 Å². The molecule has 1 aliphatic rings. The molecule has 0 aromatic carbocycles. The number of pyridine rings is 1. The Morgan fingerprint density at radius 3 is 2.50 bits per heavy atom. The van der Waals surface area contributed by atoms with Crippen LogP contribution in [0.3, 0.4) is 0 Å². The van der Waals surface area contributed by atoms with Crippen LogP contribution in [0.5, 0.6) is 0 Å². The molecular formula is C10H12N2O3S. The molecule has 5 nitrogen and oxygen atoms in total. The molecule has 0 fully saturated rings. The molecule has 86 valence electrons. The summed E-state index contributed by atoms with van der Waals surface area (Å²) in [5, 5.41) is 0. The van der Waals surface area contributed by atoms with Gasteiger partial charge in [0.25, 0.3) is 0 Å². The summed E-state index contributed by atoms with van der Waals surface area (Å²) < 4.78 is 26.3. The highest BCUT2D eigenvalue weighted by Crippen LogP contribution is 2.13. The third-order valence-electron chi connectivity index (χ3n) is 2.40. The van der Waals surface area contributed by atoms with E-state index in [9.17, 15) is 13.2 Å². The second kappa shape index (κ2) is 4.23. The van der Waals surface area contributed by atoms with Crippen LogP contribution in [-0.2, 0) is 10.0 Å². The van der Waals surface area contributed by atoms with E-state index in [1.165, 1.54) is 18.3 Å². The molecule has 6 heteroatoms. The fraction of sp³-hybridized carbons (Fsp3) is 0.300. The second-order valence-electron chi connectivity index (χ2n) is 3.65. The normalized spacial score (nSPS) is 16.8. The molecule has 0 bridgehead atoms. The van der Waals surface area contributed by atoms with E-state index in [1.54, 1.807) is 0 Å². The summed E-state index contributed by atoms with van der Waals surface area (Å²) in [6.07, 6.45) is 6.51. The molecule has 1 aromatic heterocycles. The van der Waals surface area contributed by atoms with E-state index >= 15 is 0 Å². The van der Waals surface area contributed by atoms with Gasteiger partial charge >= 0.3 is 0 Å². The van der Waals surface area contributed by atoms with Crippen LogP contribution >= 0.6 is 0 Å². The van der Waals surface area contributed by atoms with Gasteiger partial charge in [-0.2, -0.15) is 0 Å². The van der Waals surface area contributed by atoms with Crippen molar-refractivity contribution in [2.75, 3.05) is 0 Å². The van der Waals surface area contributed by atoms with Crippen LogP contribution in [-0.4, -0.2) is 19.4 Å². The molecule has 1 aliphatic carbocycles. The van der Waals surface area contributed by atoms with E-state index in [2.05, 4.69) is 9.71 Å². The van der Waals surface area contributed by atoms with Crippen molar-refractivity contribution >= 4 is 10.0 Å². The summed E-state index contributed by atoms with van der Waals surface area (Å²) in [7, 11) is -3.52. The molecule has 0 amide bonds. The highest BCUT2D eigenvalue weighted by atomic mass is 32.2. The highest BCUT2D eigenvalue weighted by molar-refractivity contribution is 7.89. The summed E-state index contributed by atoms with van der Waals surface area (Å²) in [6, 6.07) is 2.42. The van der Waals surface area contributed by atoms with Gasteiger partial charge in [0, 0.05) is 18.3 Å². The number of H-pyrrole nitrogens is 1. The molecule has 16 heavy (non-hydrogen) atoms. The summed E-state index contributed by atoms with van der Waals surface area (Å²) in [5.74, 6) is 0. The van der Waals surface area contributed by atoms with Crippen LogP contribution in [0.4, 0.5) is 0 Å². The van der Waals surface area contributed by atoms with Crippen LogP contribution < -0.4 is 10.3 Å². The second-order valence-corrected chi connectivity index (χ2v) is 5.36. The van der Waals surface area contributed by atoms with Gasteiger partial charge in [0.05, 0.1) is 4.90 Å². The Morgan fingerprint density at radius 1 is 1.25 bits per heavy atom. The lowest BCUT2D eigenvalue weighted by molar-refractivity contribution is 0.557. The zero-order chi connectivity index (χ0) is 11.6. The number of rotatable bonds is 3. The minimum absolute atomic E-state index is 0.0723. The number of aromatic amines is 1. The molecular weight excluding hydrogens is 228 g/mol. The first-order valence-corrected chi connectivity index (χ1v) is 6.42. The largest absolute Gasteiger partial charge is 0.328 e. The van der Waals surface area contributed by atoms with Crippen LogP contribution in [0.15, 0.2) is 40.2 Å². The van der Waals surface area contributed by atoms with Crippen molar-refractivity contribution in [2.24, 2.45) is 0 Å². The minimum Gasteiger partial charge on any atom is -0.328 e. The Hall–Kier alpha value is -1.40. The van der Waals surface area contributed by atoms with Crippen LogP contribution in [0.1, 0.15) is 12.8 Å². The van der Waals surface area contributed by atoms with E-state index < -0.39 is 10.0 Å². The lowest BCUT2D eigenvalue weighted by Gasteiger charge is -2.12. The maximum Gasteiger partial charge on any atom is 0.247 e. The molecule has 0 aliphatic heterocycles. The minimum atomic E-state index is -3.52. The first kappa shape index (κ1) is 11.1.